The van der Waals surface area contributed by atoms with E-state index in [1.54, 1.807) is 18.5 Å². The fourth-order valence-electron chi connectivity index (χ4n) is 4.72. The van der Waals surface area contributed by atoms with E-state index in [4.69, 9.17) is 17.4 Å². The molecule has 0 radical (unpaired) electrons. The van der Waals surface area contributed by atoms with Crippen LogP contribution in [0.1, 0.15) is 25.6 Å². The van der Waals surface area contributed by atoms with Crippen molar-refractivity contribution in [1.82, 2.24) is 34.4 Å². The maximum Gasteiger partial charge on any atom is 0.234 e. The van der Waals surface area contributed by atoms with Crippen LogP contribution in [0.25, 0.3) is 28.2 Å². The SMILES string of the molecule is [2H]C1(Nc2ccnc(C#N)n2)CCN(Cc2ccc(-n3c(-c4cccnc4N)nc4cccnc43)cc2)CC1. The van der Waals surface area contributed by atoms with Crippen LogP contribution in [0.2, 0.25) is 0 Å². The van der Waals surface area contributed by atoms with E-state index in [0.717, 1.165) is 42.0 Å². The van der Waals surface area contributed by atoms with Crippen molar-refractivity contribution in [3.63, 3.8) is 0 Å². The number of nitriles is 1. The molecule has 3 N–H and O–H groups in total. The van der Waals surface area contributed by atoms with Crippen LogP contribution in [-0.4, -0.2) is 53.5 Å². The lowest BCUT2D eigenvalue weighted by Crippen LogP contribution is -2.38. The predicted molar refractivity (Wildman–Crippen MR) is 145 cm³/mol. The Balaban J connectivity index is 1.17. The Hall–Kier alpha value is -4.88. The highest BCUT2D eigenvalue weighted by Gasteiger charge is 2.21. The topological polar surface area (TPSA) is 134 Å². The van der Waals surface area contributed by atoms with Crippen LogP contribution in [0.4, 0.5) is 11.6 Å². The average Bonchev–Trinajstić information content (AvgIpc) is 3.34. The van der Waals surface area contributed by atoms with Crippen LogP contribution in [0.15, 0.2) is 73.2 Å². The Labute approximate surface area is 221 Å². The Kier molecular flexibility index (Phi) is 6.02. The van der Waals surface area contributed by atoms with E-state index < -0.39 is 6.02 Å². The number of nitrogen functional groups attached to an aromatic ring is 1. The largest absolute Gasteiger partial charge is 0.383 e. The van der Waals surface area contributed by atoms with Gasteiger partial charge in [0.2, 0.25) is 5.82 Å². The highest BCUT2D eigenvalue weighted by molar-refractivity contribution is 5.82. The third-order valence-corrected chi connectivity index (χ3v) is 6.62. The molecule has 6 rings (SSSR count). The van der Waals surface area contributed by atoms with Crippen LogP contribution >= 0.6 is 0 Å². The maximum absolute atomic E-state index is 9.03. The summed E-state index contributed by atoms with van der Waals surface area (Å²) < 4.78 is 10.8. The van der Waals surface area contributed by atoms with Crippen molar-refractivity contribution in [1.29, 1.82) is 5.26 Å². The van der Waals surface area contributed by atoms with Crippen molar-refractivity contribution >= 4 is 22.8 Å². The zero-order valence-corrected chi connectivity index (χ0v) is 20.6. The van der Waals surface area contributed by atoms with Gasteiger partial charge in [0.25, 0.3) is 0 Å². The van der Waals surface area contributed by atoms with Gasteiger partial charge >= 0.3 is 0 Å². The Morgan fingerprint density at radius 1 is 0.974 bits per heavy atom. The molecule has 38 heavy (non-hydrogen) atoms. The highest BCUT2D eigenvalue weighted by Crippen LogP contribution is 2.30. The maximum atomic E-state index is 9.03. The van der Waals surface area contributed by atoms with E-state index in [1.165, 1.54) is 11.8 Å². The molecule has 0 amide bonds. The molecule has 0 aliphatic carbocycles. The molecule has 1 aliphatic rings. The standard InChI is InChI=1S/C28H26N10/c29-17-25-31-14-9-24(36-25)34-20-10-15-37(16-11-20)18-19-5-7-21(8-6-19)38-27(22-3-1-12-32-26(22)30)35-23-4-2-13-33-28(23)38/h1-9,12-14,20H,10-11,15-16,18H2,(H2,30,32)(H,31,34,36)/i20D. The van der Waals surface area contributed by atoms with E-state index >= 15 is 0 Å². The minimum absolute atomic E-state index is 0.0972. The van der Waals surface area contributed by atoms with Gasteiger partial charge < -0.3 is 11.1 Å². The molecule has 1 saturated heterocycles. The van der Waals surface area contributed by atoms with Gasteiger partial charge in [0.1, 0.15) is 23.2 Å². The molecular formula is C28H26N10. The lowest BCUT2D eigenvalue weighted by atomic mass is 10.0. The lowest BCUT2D eigenvalue weighted by molar-refractivity contribution is 0.211. The van der Waals surface area contributed by atoms with Crippen LogP contribution in [-0.2, 0) is 6.54 Å². The zero-order valence-electron chi connectivity index (χ0n) is 21.6. The van der Waals surface area contributed by atoms with Crippen molar-refractivity contribution in [2.75, 3.05) is 24.1 Å². The highest BCUT2D eigenvalue weighted by atomic mass is 15.2. The molecule has 0 atom stereocenters. The number of likely N-dealkylation sites (tertiary alicyclic amines) is 1. The van der Waals surface area contributed by atoms with Crippen molar-refractivity contribution in [2.45, 2.75) is 25.4 Å². The van der Waals surface area contributed by atoms with E-state index in [-0.39, 0.29) is 5.82 Å². The molecule has 1 fully saturated rings. The second kappa shape index (κ2) is 10.2. The Bertz CT molecular complexity index is 1670. The predicted octanol–water partition coefficient (Wildman–Crippen LogP) is 3.80. The first-order valence-corrected chi connectivity index (χ1v) is 12.4. The number of rotatable bonds is 6. The monoisotopic (exact) mass is 503 g/mol. The first kappa shape index (κ1) is 22.3. The molecule has 0 saturated carbocycles. The molecule has 5 heterocycles. The number of fused-ring (bicyclic) bond motifs is 1. The van der Waals surface area contributed by atoms with Gasteiger partial charge in [-0.2, -0.15) is 5.26 Å². The Morgan fingerprint density at radius 2 is 1.76 bits per heavy atom. The van der Waals surface area contributed by atoms with Crippen molar-refractivity contribution in [3.8, 4) is 23.1 Å². The Morgan fingerprint density at radius 3 is 2.55 bits per heavy atom. The summed E-state index contributed by atoms with van der Waals surface area (Å²) in [4.78, 5) is 24.0. The van der Waals surface area contributed by atoms with E-state index in [2.05, 4.69) is 54.4 Å². The summed E-state index contributed by atoms with van der Waals surface area (Å²) in [6.45, 7) is 2.33. The van der Waals surface area contributed by atoms with Crippen molar-refractivity contribution < 1.29 is 1.37 Å². The van der Waals surface area contributed by atoms with Gasteiger partial charge in [-0.05, 0) is 60.9 Å². The molecule has 188 valence electrons. The van der Waals surface area contributed by atoms with Gasteiger partial charge in [0.15, 0.2) is 11.5 Å². The second-order valence-electron chi connectivity index (χ2n) is 9.10. The van der Waals surface area contributed by atoms with Crippen LogP contribution in [0.3, 0.4) is 0 Å². The molecule has 10 heteroatoms. The van der Waals surface area contributed by atoms with Crippen LogP contribution in [0, 0.1) is 11.3 Å². The second-order valence-corrected chi connectivity index (χ2v) is 9.10. The summed E-state index contributed by atoms with van der Waals surface area (Å²) in [5, 5.41) is 12.2. The number of imidazole rings is 1. The molecule has 1 aromatic carbocycles. The number of nitrogens with zero attached hydrogens (tertiary/aromatic N) is 8. The quantitative estimate of drug-likeness (QED) is 0.355. The molecule has 0 bridgehead atoms. The van der Waals surface area contributed by atoms with Gasteiger partial charge in [-0.15, -0.1) is 0 Å². The number of piperidine rings is 1. The molecule has 0 spiro atoms. The van der Waals surface area contributed by atoms with E-state index in [9.17, 15) is 0 Å². The smallest absolute Gasteiger partial charge is 0.234 e. The van der Waals surface area contributed by atoms with E-state index in [1.807, 2.05) is 34.9 Å². The molecule has 4 aromatic heterocycles. The number of aromatic nitrogens is 6. The zero-order chi connectivity index (χ0) is 26.8. The summed E-state index contributed by atoms with van der Waals surface area (Å²) in [7, 11) is 0. The fourth-order valence-corrected chi connectivity index (χ4v) is 4.72. The lowest BCUT2D eigenvalue weighted by Gasteiger charge is -2.32. The van der Waals surface area contributed by atoms with Crippen molar-refractivity contribution in [2.24, 2.45) is 0 Å². The number of nitrogens with two attached hydrogens (primary N) is 1. The molecule has 0 unspecified atom stereocenters. The molecule has 5 aromatic rings. The summed E-state index contributed by atoms with van der Waals surface area (Å²) in [6, 6.07) is 18.8. The summed E-state index contributed by atoms with van der Waals surface area (Å²) in [5.74, 6) is 1.72. The summed E-state index contributed by atoms with van der Waals surface area (Å²) in [5.41, 5.74) is 10.6. The number of nitrogens with one attached hydrogen (secondary N) is 1. The van der Waals surface area contributed by atoms with Crippen LogP contribution in [0.5, 0.6) is 0 Å². The van der Waals surface area contributed by atoms with Gasteiger partial charge in [-0.3, -0.25) is 9.47 Å². The molecular weight excluding hydrogens is 476 g/mol. The van der Waals surface area contributed by atoms with Gasteiger partial charge in [0, 0.05) is 49.9 Å². The van der Waals surface area contributed by atoms with E-state index in [0.29, 0.717) is 30.3 Å². The third-order valence-electron chi connectivity index (χ3n) is 6.62. The minimum Gasteiger partial charge on any atom is -0.383 e. The summed E-state index contributed by atoms with van der Waals surface area (Å²) >= 11 is 0. The number of anilines is 2. The van der Waals surface area contributed by atoms with Gasteiger partial charge in [-0.1, -0.05) is 12.1 Å². The van der Waals surface area contributed by atoms with Crippen LogP contribution < -0.4 is 11.1 Å². The average molecular weight is 504 g/mol. The van der Waals surface area contributed by atoms with Crippen molar-refractivity contribution in [3.05, 3.63) is 84.6 Å². The minimum atomic E-state index is -0.832. The molecule has 1 aliphatic heterocycles. The fraction of sp³-hybridized carbons (Fsp3) is 0.214. The number of pyridine rings is 2. The molecule has 10 nitrogen and oxygen atoms in total. The van der Waals surface area contributed by atoms with Gasteiger partial charge in [0.05, 0.1) is 6.93 Å². The third kappa shape index (κ3) is 4.75. The first-order chi connectivity index (χ1) is 19.0. The number of benzene rings is 1. The van der Waals surface area contributed by atoms with Gasteiger partial charge in [-0.25, -0.2) is 24.9 Å². The summed E-state index contributed by atoms with van der Waals surface area (Å²) in [6.07, 6.45) is 6.24. The number of hydrogen-bond acceptors (Lipinski definition) is 9. The normalized spacial score (nSPS) is 15.6. The number of hydrogen-bond donors (Lipinski definition) is 2. The first-order valence-electron chi connectivity index (χ1n) is 12.9.